The summed E-state index contributed by atoms with van der Waals surface area (Å²) in [4.78, 5) is 21.6. The molecule has 1 amide bonds. The van der Waals surface area contributed by atoms with Gasteiger partial charge in [0.1, 0.15) is 11.7 Å². The molecule has 1 aromatic carbocycles. The van der Waals surface area contributed by atoms with Crippen molar-refractivity contribution in [3.8, 4) is 0 Å². The number of carbonyl (C=O) groups excluding carboxylic acids is 1. The zero-order chi connectivity index (χ0) is 25.4. The van der Waals surface area contributed by atoms with E-state index in [1.165, 1.54) is 0 Å². The van der Waals surface area contributed by atoms with Crippen molar-refractivity contribution < 1.29 is 14.6 Å². The molecular formula is C29H34N4O3. The second-order valence-corrected chi connectivity index (χ2v) is 10.5. The van der Waals surface area contributed by atoms with Crippen LogP contribution in [0.3, 0.4) is 0 Å². The fourth-order valence-electron chi connectivity index (χ4n) is 5.17. The molecule has 0 radical (unpaired) electrons. The molecular weight excluding hydrogens is 452 g/mol. The summed E-state index contributed by atoms with van der Waals surface area (Å²) in [5, 5.41) is 11.5. The second kappa shape index (κ2) is 9.56. The van der Waals surface area contributed by atoms with Gasteiger partial charge in [0.2, 0.25) is 0 Å². The van der Waals surface area contributed by atoms with Crippen molar-refractivity contribution in [2.24, 2.45) is 7.05 Å². The first-order chi connectivity index (χ1) is 17.2. The van der Waals surface area contributed by atoms with E-state index in [-0.39, 0.29) is 12.1 Å². The molecule has 1 saturated heterocycles. The number of amides is 1. The summed E-state index contributed by atoms with van der Waals surface area (Å²) >= 11 is 0. The molecule has 1 N–H and O–H groups in total. The second-order valence-electron chi connectivity index (χ2n) is 10.5. The summed E-state index contributed by atoms with van der Waals surface area (Å²) in [5.74, 6) is 0. The lowest BCUT2D eigenvalue weighted by molar-refractivity contribution is 0.0118. The number of aliphatic hydroxyl groups is 1. The van der Waals surface area contributed by atoms with E-state index in [9.17, 15) is 9.90 Å². The number of aromatic nitrogens is 2. The number of nitrogens with zero attached hydrogens (tertiary/aromatic N) is 4. The van der Waals surface area contributed by atoms with Crippen LogP contribution in [0.1, 0.15) is 61.0 Å². The van der Waals surface area contributed by atoms with Crippen molar-refractivity contribution in [1.82, 2.24) is 19.4 Å². The third-order valence-electron chi connectivity index (χ3n) is 6.90. The van der Waals surface area contributed by atoms with Crippen molar-refractivity contribution in [3.05, 3.63) is 89.0 Å². The van der Waals surface area contributed by atoms with Gasteiger partial charge in [0.25, 0.3) is 0 Å². The molecule has 3 heterocycles. The van der Waals surface area contributed by atoms with E-state index >= 15 is 0 Å². The number of fused-ring (bicyclic) bond motifs is 2. The molecule has 0 spiro atoms. The molecule has 3 aromatic rings. The van der Waals surface area contributed by atoms with Crippen LogP contribution >= 0.6 is 0 Å². The molecule has 5 rings (SSSR count). The van der Waals surface area contributed by atoms with E-state index in [0.29, 0.717) is 26.2 Å². The Morgan fingerprint density at radius 2 is 1.81 bits per heavy atom. The molecule has 1 unspecified atom stereocenters. The smallest absolute Gasteiger partial charge is 0.410 e. The Labute approximate surface area is 212 Å². The average Bonchev–Trinajstić information content (AvgIpc) is 3.22. The van der Waals surface area contributed by atoms with Gasteiger partial charge in [-0.25, -0.2) is 4.79 Å². The van der Waals surface area contributed by atoms with Crippen molar-refractivity contribution in [3.63, 3.8) is 0 Å². The number of pyridine rings is 1. The van der Waals surface area contributed by atoms with Gasteiger partial charge in [-0.1, -0.05) is 30.3 Å². The van der Waals surface area contributed by atoms with Gasteiger partial charge in [0.05, 0.1) is 17.4 Å². The highest BCUT2D eigenvalue weighted by atomic mass is 16.6. The van der Waals surface area contributed by atoms with E-state index in [4.69, 9.17) is 9.72 Å². The highest BCUT2D eigenvalue weighted by Gasteiger charge is 2.35. The minimum atomic E-state index is -0.776. The summed E-state index contributed by atoms with van der Waals surface area (Å²) in [7, 11) is 1.95. The number of carbonyl (C=O) groups is 1. The van der Waals surface area contributed by atoms with Crippen LogP contribution in [0.15, 0.2) is 60.9 Å². The van der Waals surface area contributed by atoms with Crippen molar-refractivity contribution in [2.75, 3.05) is 26.2 Å². The van der Waals surface area contributed by atoms with Crippen LogP contribution in [-0.2, 0) is 11.8 Å². The van der Waals surface area contributed by atoms with Gasteiger partial charge in [-0.15, -0.1) is 0 Å². The minimum Gasteiger partial charge on any atom is -0.444 e. The lowest BCUT2D eigenvalue weighted by Crippen LogP contribution is -2.51. The van der Waals surface area contributed by atoms with E-state index < -0.39 is 11.7 Å². The highest BCUT2D eigenvalue weighted by molar-refractivity contribution is 5.88. The van der Waals surface area contributed by atoms with E-state index in [1.807, 2.05) is 75.1 Å². The number of piperazine rings is 1. The molecule has 188 valence electrons. The highest BCUT2D eigenvalue weighted by Crippen LogP contribution is 2.43. The molecule has 7 nitrogen and oxygen atoms in total. The monoisotopic (exact) mass is 486 g/mol. The summed E-state index contributed by atoms with van der Waals surface area (Å²) in [6.07, 6.45) is 4.82. The zero-order valence-corrected chi connectivity index (χ0v) is 21.4. The first-order valence-electron chi connectivity index (χ1n) is 12.5. The van der Waals surface area contributed by atoms with Crippen LogP contribution in [0, 0.1) is 0 Å². The lowest BCUT2D eigenvalue weighted by atomic mass is 9.91. The lowest BCUT2D eigenvalue weighted by Gasteiger charge is -2.40. The number of hydrogen-bond acceptors (Lipinski definition) is 5. The minimum absolute atomic E-state index is 0.0902. The molecule has 0 bridgehead atoms. The van der Waals surface area contributed by atoms with Gasteiger partial charge >= 0.3 is 6.09 Å². The first-order valence-corrected chi connectivity index (χ1v) is 12.5. The summed E-state index contributed by atoms with van der Waals surface area (Å²) in [6, 6.07) is 16.1. The normalized spacial score (nSPS) is 19.1. The van der Waals surface area contributed by atoms with Crippen molar-refractivity contribution in [2.45, 2.75) is 38.5 Å². The maximum Gasteiger partial charge on any atom is 0.410 e. The molecule has 2 aliphatic rings. The standard InChI is InChI=1S/C29H34N4O3/c1-29(2,3)36-28(35)33-17-15-32(16-18-33)26-22-11-6-5-10-21(22)23(19-20-9-7-13-30-25(20)26)27(34)24-12-8-14-31(24)4/h5-14,19,26-27,34H,15-18H2,1-4H3/t26-,27?/m0/s1. The van der Waals surface area contributed by atoms with Crippen LogP contribution in [0.5, 0.6) is 0 Å². The number of benzene rings is 1. The van der Waals surface area contributed by atoms with Gasteiger partial charge < -0.3 is 19.3 Å². The van der Waals surface area contributed by atoms with Gasteiger partial charge in [-0.05, 0) is 67.3 Å². The van der Waals surface area contributed by atoms with Gasteiger partial charge in [-0.3, -0.25) is 9.88 Å². The van der Waals surface area contributed by atoms with Crippen LogP contribution in [0.4, 0.5) is 4.79 Å². The van der Waals surface area contributed by atoms with E-state index in [0.717, 1.165) is 33.7 Å². The number of ether oxygens (including phenoxy) is 1. The Balaban J connectivity index is 1.51. The predicted molar refractivity (Wildman–Crippen MR) is 140 cm³/mol. The molecule has 1 aliphatic carbocycles. The maximum absolute atomic E-state index is 12.6. The zero-order valence-electron chi connectivity index (χ0n) is 21.4. The SMILES string of the molecule is Cn1cccc1C(O)C1=Cc2cccnc2[C@@H](N2CCN(C(=O)OC(C)(C)C)CC2)c2ccccc21. The average molecular weight is 487 g/mol. The molecule has 7 heteroatoms. The molecule has 36 heavy (non-hydrogen) atoms. The Kier molecular flexibility index (Phi) is 6.45. The summed E-state index contributed by atoms with van der Waals surface area (Å²) in [6.45, 7) is 8.24. The molecule has 1 fully saturated rings. The van der Waals surface area contributed by atoms with Crippen molar-refractivity contribution >= 4 is 17.7 Å². The van der Waals surface area contributed by atoms with Gasteiger partial charge in [0.15, 0.2) is 0 Å². The molecule has 2 aromatic heterocycles. The first kappa shape index (κ1) is 24.3. The van der Waals surface area contributed by atoms with Gasteiger partial charge in [0, 0.05) is 45.6 Å². The predicted octanol–water partition coefficient (Wildman–Crippen LogP) is 4.65. The number of hydrogen-bond donors (Lipinski definition) is 1. The Bertz CT molecular complexity index is 1280. The Hall–Kier alpha value is -3.42. The topological polar surface area (TPSA) is 70.8 Å². The number of aliphatic hydroxyl groups excluding tert-OH is 1. The number of rotatable bonds is 3. The quantitative estimate of drug-likeness (QED) is 0.584. The van der Waals surface area contributed by atoms with E-state index in [1.54, 1.807) is 4.90 Å². The third-order valence-corrected chi connectivity index (χ3v) is 6.90. The maximum atomic E-state index is 12.6. The van der Waals surface area contributed by atoms with Crippen LogP contribution in [0.2, 0.25) is 0 Å². The third kappa shape index (κ3) is 4.68. The number of aryl methyl sites for hydroxylation is 1. The fourth-order valence-corrected chi connectivity index (χ4v) is 5.17. The fraction of sp³-hybridized carbons (Fsp3) is 0.379. The van der Waals surface area contributed by atoms with Crippen LogP contribution < -0.4 is 0 Å². The summed E-state index contributed by atoms with van der Waals surface area (Å²) in [5.41, 5.74) is 5.27. The summed E-state index contributed by atoms with van der Waals surface area (Å²) < 4.78 is 7.55. The molecule has 2 atom stereocenters. The largest absolute Gasteiger partial charge is 0.444 e. The molecule has 0 saturated carbocycles. The van der Waals surface area contributed by atoms with Crippen LogP contribution in [0.25, 0.3) is 11.6 Å². The van der Waals surface area contributed by atoms with Crippen LogP contribution in [-0.4, -0.2) is 62.3 Å². The Morgan fingerprint density at radius 3 is 2.50 bits per heavy atom. The van der Waals surface area contributed by atoms with Gasteiger partial charge in [-0.2, -0.15) is 0 Å². The van der Waals surface area contributed by atoms with Crippen molar-refractivity contribution in [1.29, 1.82) is 0 Å². The molecule has 1 aliphatic heterocycles. The Morgan fingerprint density at radius 1 is 1.06 bits per heavy atom. The van der Waals surface area contributed by atoms with E-state index in [2.05, 4.69) is 29.2 Å².